The minimum atomic E-state index is -0.236. The van der Waals surface area contributed by atoms with Crippen molar-refractivity contribution in [1.82, 2.24) is 15.3 Å². The summed E-state index contributed by atoms with van der Waals surface area (Å²) in [6.45, 7) is 6.11. The van der Waals surface area contributed by atoms with Crippen molar-refractivity contribution in [2.24, 2.45) is 0 Å². The molecule has 0 aromatic carbocycles. The van der Waals surface area contributed by atoms with Gasteiger partial charge in [0, 0.05) is 18.6 Å². The summed E-state index contributed by atoms with van der Waals surface area (Å²) in [5.41, 5.74) is -0.236. The maximum atomic E-state index is 11.8. The molecular weight excluding hydrogens is 256 g/mol. The van der Waals surface area contributed by atoms with Gasteiger partial charge in [0.15, 0.2) is 5.82 Å². The Morgan fingerprint density at radius 2 is 2.30 bits per heavy atom. The molecule has 2 heterocycles. The number of nitrogens with zero attached hydrogens (tertiary/aromatic N) is 2. The monoisotopic (exact) mass is 280 g/mol. The first-order valence-electron chi connectivity index (χ1n) is 7.25. The van der Waals surface area contributed by atoms with Crippen LogP contribution in [-0.4, -0.2) is 42.3 Å². The standard InChI is InChI=1S/C14H24N4O2/c1-10(2)18(8-11-6-4-5-7-15-11)13-12(20-3)14(19)17-9-16-13/h9-11,15H,4-8H2,1-3H3,(H,16,17,19). The molecule has 2 N–H and O–H groups in total. The molecule has 0 spiro atoms. The van der Waals surface area contributed by atoms with Crippen LogP contribution in [0.4, 0.5) is 5.82 Å². The Morgan fingerprint density at radius 3 is 2.90 bits per heavy atom. The van der Waals surface area contributed by atoms with E-state index in [1.54, 1.807) is 0 Å². The first kappa shape index (κ1) is 14.8. The van der Waals surface area contributed by atoms with Gasteiger partial charge < -0.3 is 19.9 Å². The number of hydrogen-bond donors (Lipinski definition) is 2. The molecule has 1 aliphatic rings. The lowest BCUT2D eigenvalue weighted by molar-refractivity contribution is 0.382. The average Bonchev–Trinajstić information content (AvgIpc) is 2.45. The van der Waals surface area contributed by atoms with Crippen molar-refractivity contribution in [1.29, 1.82) is 0 Å². The van der Waals surface area contributed by atoms with E-state index in [0.717, 1.165) is 19.5 Å². The highest BCUT2D eigenvalue weighted by Crippen LogP contribution is 2.23. The van der Waals surface area contributed by atoms with E-state index in [9.17, 15) is 4.79 Å². The van der Waals surface area contributed by atoms with E-state index in [0.29, 0.717) is 11.9 Å². The van der Waals surface area contributed by atoms with Gasteiger partial charge in [-0.15, -0.1) is 0 Å². The van der Waals surface area contributed by atoms with Crippen molar-refractivity contribution in [2.45, 2.75) is 45.2 Å². The zero-order chi connectivity index (χ0) is 14.5. The first-order valence-corrected chi connectivity index (χ1v) is 7.25. The van der Waals surface area contributed by atoms with Gasteiger partial charge in [0.25, 0.3) is 5.56 Å². The quantitative estimate of drug-likeness (QED) is 0.846. The van der Waals surface area contributed by atoms with E-state index in [-0.39, 0.29) is 17.4 Å². The number of rotatable bonds is 5. The molecule has 20 heavy (non-hydrogen) atoms. The van der Waals surface area contributed by atoms with Gasteiger partial charge in [-0.05, 0) is 33.2 Å². The summed E-state index contributed by atoms with van der Waals surface area (Å²) in [6.07, 6.45) is 5.09. The summed E-state index contributed by atoms with van der Waals surface area (Å²) in [7, 11) is 1.51. The zero-order valence-electron chi connectivity index (χ0n) is 12.5. The van der Waals surface area contributed by atoms with Gasteiger partial charge >= 0.3 is 0 Å². The second-order valence-electron chi connectivity index (χ2n) is 5.48. The summed E-state index contributed by atoms with van der Waals surface area (Å²) in [5.74, 6) is 0.913. The van der Waals surface area contributed by atoms with Crippen molar-refractivity contribution in [3.05, 3.63) is 16.7 Å². The maximum absolute atomic E-state index is 11.8. The van der Waals surface area contributed by atoms with Crippen LogP contribution in [-0.2, 0) is 0 Å². The molecule has 0 aliphatic carbocycles. The van der Waals surface area contributed by atoms with Crippen LogP contribution in [0.25, 0.3) is 0 Å². The third kappa shape index (κ3) is 3.30. The third-order valence-electron chi connectivity index (χ3n) is 3.72. The highest BCUT2D eigenvalue weighted by Gasteiger charge is 2.23. The summed E-state index contributed by atoms with van der Waals surface area (Å²) in [5, 5.41) is 3.53. The van der Waals surface area contributed by atoms with Crippen LogP contribution in [0.5, 0.6) is 5.75 Å². The highest BCUT2D eigenvalue weighted by molar-refractivity contribution is 5.51. The fourth-order valence-corrected chi connectivity index (χ4v) is 2.63. The smallest absolute Gasteiger partial charge is 0.295 e. The Labute approximate surface area is 119 Å². The largest absolute Gasteiger partial charge is 0.489 e. The lowest BCUT2D eigenvalue weighted by Gasteiger charge is -2.34. The Bertz CT molecular complexity index is 480. The van der Waals surface area contributed by atoms with E-state index in [4.69, 9.17) is 4.74 Å². The number of aromatic amines is 1. The van der Waals surface area contributed by atoms with Crippen LogP contribution in [0, 0.1) is 0 Å². The molecule has 1 aliphatic heterocycles. The van der Waals surface area contributed by atoms with Crippen molar-refractivity contribution in [3.8, 4) is 5.75 Å². The van der Waals surface area contributed by atoms with Crippen molar-refractivity contribution < 1.29 is 4.74 Å². The van der Waals surface area contributed by atoms with Gasteiger partial charge in [0.1, 0.15) is 0 Å². The number of methoxy groups -OCH3 is 1. The molecule has 0 saturated carbocycles. The molecule has 112 valence electrons. The number of ether oxygens (including phenoxy) is 1. The number of H-pyrrole nitrogens is 1. The molecule has 0 amide bonds. The summed E-state index contributed by atoms with van der Waals surface area (Å²) in [6, 6.07) is 0.693. The highest BCUT2D eigenvalue weighted by atomic mass is 16.5. The molecule has 6 heteroatoms. The first-order chi connectivity index (χ1) is 9.63. The molecule has 1 aromatic heterocycles. The number of nitrogens with one attached hydrogen (secondary N) is 2. The average molecular weight is 280 g/mol. The predicted molar refractivity (Wildman–Crippen MR) is 79.5 cm³/mol. The van der Waals surface area contributed by atoms with E-state index < -0.39 is 0 Å². The van der Waals surface area contributed by atoms with Crippen LogP contribution < -0.4 is 20.5 Å². The van der Waals surface area contributed by atoms with Crippen LogP contribution in [0.1, 0.15) is 33.1 Å². The summed E-state index contributed by atoms with van der Waals surface area (Å²) >= 11 is 0. The molecule has 1 unspecified atom stereocenters. The lowest BCUT2D eigenvalue weighted by atomic mass is 10.0. The Balaban J connectivity index is 2.24. The van der Waals surface area contributed by atoms with Gasteiger partial charge in [0.05, 0.1) is 13.4 Å². The number of hydrogen-bond acceptors (Lipinski definition) is 5. The molecule has 0 radical (unpaired) electrons. The number of piperidine rings is 1. The van der Waals surface area contributed by atoms with Gasteiger partial charge in [-0.25, -0.2) is 4.98 Å². The molecule has 2 rings (SSSR count). The molecule has 6 nitrogen and oxygen atoms in total. The molecular formula is C14H24N4O2. The van der Waals surface area contributed by atoms with E-state index in [1.807, 2.05) is 0 Å². The lowest BCUT2D eigenvalue weighted by Crippen LogP contribution is -2.46. The Hall–Kier alpha value is -1.56. The van der Waals surface area contributed by atoms with Crippen molar-refractivity contribution in [3.63, 3.8) is 0 Å². The molecule has 0 bridgehead atoms. The minimum absolute atomic E-state index is 0.236. The Morgan fingerprint density at radius 1 is 1.50 bits per heavy atom. The summed E-state index contributed by atoms with van der Waals surface area (Å²) in [4.78, 5) is 20.8. The van der Waals surface area contributed by atoms with E-state index in [2.05, 4.69) is 34.0 Å². The summed E-state index contributed by atoms with van der Waals surface area (Å²) < 4.78 is 5.23. The molecule has 1 atom stereocenters. The topological polar surface area (TPSA) is 70.2 Å². The normalized spacial score (nSPS) is 19.1. The molecule has 1 fully saturated rings. The number of aromatic nitrogens is 2. The number of anilines is 1. The fraction of sp³-hybridized carbons (Fsp3) is 0.714. The third-order valence-corrected chi connectivity index (χ3v) is 3.72. The van der Waals surface area contributed by atoms with Crippen LogP contribution >= 0.6 is 0 Å². The minimum Gasteiger partial charge on any atom is -0.489 e. The van der Waals surface area contributed by atoms with Crippen molar-refractivity contribution >= 4 is 5.82 Å². The Kier molecular flexibility index (Phi) is 5.00. The maximum Gasteiger partial charge on any atom is 0.295 e. The van der Waals surface area contributed by atoms with Crippen LogP contribution in [0.15, 0.2) is 11.1 Å². The SMILES string of the molecule is COc1c(N(CC2CCCCN2)C(C)C)nc[nH]c1=O. The van der Waals surface area contributed by atoms with E-state index >= 15 is 0 Å². The van der Waals surface area contributed by atoms with E-state index in [1.165, 1.54) is 26.3 Å². The van der Waals surface area contributed by atoms with Crippen LogP contribution in [0.3, 0.4) is 0 Å². The zero-order valence-corrected chi connectivity index (χ0v) is 12.5. The van der Waals surface area contributed by atoms with Gasteiger partial charge in [-0.2, -0.15) is 0 Å². The second-order valence-corrected chi connectivity index (χ2v) is 5.48. The molecule has 1 aromatic rings. The fourth-order valence-electron chi connectivity index (χ4n) is 2.63. The van der Waals surface area contributed by atoms with Crippen molar-refractivity contribution in [2.75, 3.05) is 25.1 Å². The van der Waals surface area contributed by atoms with Crippen LogP contribution in [0.2, 0.25) is 0 Å². The molecule has 1 saturated heterocycles. The van der Waals surface area contributed by atoms with Gasteiger partial charge in [-0.1, -0.05) is 6.42 Å². The van der Waals surface area contributed by atoms with Gasteiger partial charge in [0.2, 0.25) is 5.75 Å². The second kappa shape index (κ2) is 6.74. The predicted octanol–water partition coefficient (Wildman–Crippen LogP) is 1.14. The van der Waals surface area contributed by atoms with Gasteiger partial charge in [-0.3, -0.25) is 4.79 Å².